The molecule has 0 spiro atoms. The Morgan fingerprint density at radius 1 is 1.29 bits per heavy atom. The Labute approximate surface area is 128 Å². The molecule has 2 N–H and O–H groups in total. The third kappa shape index (κ3) is 3.23. The van der Waals surface area contributed by atoms with E-state index < -0.39 is 10.0 Å². The lowest BCUT2D eigenvalue weighted by atomic mass is 10.1. The number of aromatic nitrogens is 1. The van der Waals surface area contributed by atoms with Crippen LogP contribution < -0.4 is 10.2 Å². The van der Waals surface area contributed by atoms with E-state index in [4.69, 9.17) is 0 Å². The van der Waals surface area contributed by atoms with Crippen LogP contribution in [0.25, 0.3) is 0 Å². The van der Waals surface area contributed by atoms with Crippen LogP contribution in [-0.4, -0.2) is 42.9 Å². The van der Waals surface area contributed by atoms with Crippen LogP contribution >= 0.6 is 11.3 Å². The number of rotatable bonds is 5. The number of thiazole rings is 1. The molecule has 6 nitrogen and oxygen atoms in total. The van der Waals surface area contributed by atoms with Gasteiger partial charge in [0.15, 0.2) is 4.21 Å². The molecule has 1 saturated heterocycles. The van der Waals surface area contributed by atoms with E-state index in [2.05, 4.69) is 10.3 Å². The highest BCUT2D eigenvalue weighted by atomic mass is 32.2. The smallest absolute Gasteiger partial charge is 0.305 e. The summed E-state index contributed by atoms with van der Waals surface area (Å²) in [5.41, 5.74) is 0.451. The van der Waals surface area contributed by atoms with E-state index in [0.29, 0.717) is 12.2 Å². The number of H-pyrrole nitrogens is 1. The van der Waals surface area contributed by atoms with Gasteiger partial charge in [0, 0.05) is 24.3 Å². The minimum atomic E-state index is -3.57. The van der Waals surface area contributed by atoms with Crippen molar-refractivity contribution in [1.29, 1.82) is 0 Å². The summed E-state index contributed by atoms with van der Waals surface area (Å²) in [6, 6.07) is 0.334. The van der Waals surface area contributed by atoms with Crippen LogP contribution in [0.4, 0.5) is 0 Å². The molecule has 3 rings (SSSR count). The van der Waals surface area contributed by atoms with E-state index in [1.165, 1.54) is 0 Å². The summed E-state index contributed by atoms with van der Waals surface area (Å²) in [6.45, 7) is 3.12. The minimum Gasteiger partial charge on any atom is -0.315 e. The van der Waals surface area contributed by atoms with Crippen molar-refractivity contribution in [2.45, 2.75) is 55.3 Å². The standard InChI is InChI=1S/C13H21N3O3S2/c1-9-12(20-13(17)15-9)21(18,19)16(11-5-6-11)8-10-4-2-3-7-14-10/h10-11,14H,2-8H2,1H3,(H,15,17). The van der Waals surface area contributed by atoms with Gasteiger partial charge in [0.05, 0.1) is 0 Å². The molecule has 0 amide bonds. The van der Waals surface area contributed by atoms with E-state index in [1.807, 2.05) is 0 Å². The van der Waals surface area contributed by atoms with E-state index in [-0.39, 0.29) is 21.2 Å². The van der Waals surface area contributed by atoms with Crippen LogP contribution in [0.2, 0.25) is 0 Å². The second-order valence-corrected chi connectivity index (χ2v) is 8.95. The monoisotopic (exact) mass is 331 g/mol. The van der Waals surface area contributed by atoms with Crippen molar-refractivity contribution in [2.24, 2.45) is 0 Å². The van der Waals surface area contributed by atoms with E-state index >= 15 is 0 Å². The molecular formula is C13H21N3O3S2. The van der Waals surface area contributed by atoms with Gasteiger partial charge in [-0.05, 0) is 39.2 Å². The molecule has 1 atom stereocenters. The number of hydrogen-bond donors (Lipinski definition) is 2. The molecule has 1 unspecified atom stereocenters. The first-order valence-corrected chi connectivity index (χ1v) is 9.69. The zero-order valence-electron chi connectivity index (χ0n) is 12.1. The van der Waals surface area contributed by atoms with Gasteiger partial charge in [0.2, 0.25) is 0 Å². The molecule has 1 aromatic rings. The Morgan fingerprint density at radius 2 is 2.05 bits per heavy atom. The van der Waals surface area contributed by atoms with Crippen molar-refractivity contribution in [2.75, 3.05) is 13.1 Å². The first kappa shape index (κ1) is 15.2. The number of nitrogens with zero attached hydrogens (tertiary/aromatic N) is 1. The van der Waals surface area contributed by atoms with Gasteiger partial charge in [0.25, 0.3) is 10.0 Å². The fraction of sp³-hybridized carbons (Fsp3) is 0.769. The molecule has 118 valence electrons. The summed E-state index contributed by atoms with van der Waals surface area (Å²) in [5, 5.41) is 3.40. The molecule has 0 aromatic carbocycles. The van der Waals surface area contributed by atoms with Gasteiger partial charge in [-0.3, -0.25) is 4.79 Å². The lowest BCUT2D eigenvalue weighted by molar-refractivity contribution is 0.308. The Hall–Kier alpha value is -0.700. The molecular weight excluding hydrogens is 310 g/mol. The third-order valence-electron chi connectivity index (χ3n) is 4.09. The predicted octanol–water partition coefficient (Wildman–Crippen LogP) is 1.04. The number of nitrogens with one attached hydrogen (secondary N) is 2. The fourth-order valence-corrected chi connectivity index (χ4v) is 5.99. The van der Waals surface area contributed by atoms with Gasteiger partial charge >= 0.3 is 4.87 Å². The summed E-state index contributed by atoms with van der Waals surface area (Å²) < 4.78 is 27.5. The second kappa shape index (κ2) is 5.83. The highest BCUT2D eigenvalue weighted by Gasteiger charge is 2.40. The fourth-order valence-electron chi connectivity index (χ4n) is 2.85. The van der Waals surface area contributed by atoms with Crippen molar-refractivity contribution in [3.8, 4) is 0 Å². The molecule has 1 saturated carbocycles. The Bertz CT molecular complexity index is 654. The molecule has 0 bridgehead atoms. The normalized spacial score (nSPS) is 23.6. The highest BCUT2D eigenvalue weighted by Crippen LogP contribution is 2.34. The summed E-state index contributed by atoms with van der Waals surface area (Å²) in [7, 11) is -3.57. The van der Waals surface area contributed by atoms with E-state index in [0.717, 1.165) is 50.0 Å². The largest absolute Gasteiger partial charge is 0.315 e. The first-order chi connectivity index (χ1) is 9.98. The van der Waals surface area contributed by atoms with Crippen LogP contribution in [0.3, 0.4) is 0 Å². The van der Waals surface area contributed by atoms with Gasteiger partial charge in [-0.1, -0.05) is 17.8 Å². The summed E-state index contributed by atoms with van der Waals surface area (Å²) in [6.07, 6.45) is 5.16. The van der Waals surface area contributed by atoms with Crippen molar-refractivity contribution >= 4 is 21.4 Å². The first-order valence-electron chi connectivity index (χ1n) is 7.43. The molecule has 1 aromatic heterocycles. The van der Waals surface area contributed by atoms with Gasteiger partial charge in [0.1, 0.15) is 0 Å². The summed E-state index contributed by atoms with van der Waals surface area (Å²) >= 11 is 0.796. The second-order valence-electron chi connectivity index (χ2n) is 5.88. The van der Waals surface area contributed by atoms with Crippen LogP contribution in [0.15, 0.2) is 9.00 Å². The maximum atomic E-state index is 12.9. The van der Waals surface area contributed by atoms with Crippen molar-refractivity contribution < 1.29 is 8.42 Å². The van der Waals surface area contributed by atoms with Gasteiger partial charge < -0.3 is 10.3 Å². The lowest BCUT2D eigenvalue weighted by Crippen LogP contribution is -2.46. The predicted molar refractivity (Wildman–Crippen MR) is 82.2 cm³/mol. The molecule has 2 heterocycles. The average molecular weight is 331 g/mol. The van der Waals surface area contributed by atoms with Crippen LogP contribution in [0.1, 0.15) is 37.8 Å². The maximum absolute atomic E-state index is 12.9. The molecule has 2 aliphatic rings. The molecule has 1 aliphatic carbocycles. The van der Waals surface area contributed by atoms with Gasteiger partial charge in [-0.2, -0.15) is 4.31 Å². The quantitative estimate of drug-likeness (QED) is 0.844. The van der Waals surface area contributed by atoms with Crippen molar-refractivity contribution in [1.82, 2.24) is 14.6 Å². The highest BCUT2D eigenvalue weighted by molar-refractivity contribution is 7.91. The lowest BCUT2D eigenvalue weighted by Gasteiger charge is -2.29. The molecule has 21 heavy (non-hydrogen) atoms. The molecule has 0 radical (unpaired) electrons. The SMILES string of the molecule is Cc1[nH]c(=O)sc1S(=O)(=O)N(CC1CCCCN1)C1CC1. The van der Waals surface area contributed by atoms with Crippen LogP contribution in [-0.2, 0) is 10.0 Å². The molecule has 8 heteroatoms. The van der Waals surface area contributed by atoms with Crippen LogP contribution in [0, 0.1) is 6.92 Å². The molecule has 2 fully saturated rings. The summed E-state index contributed by atoms with van der Waals surface area (Å²) in [4.78, 5) is 13.7. The van der Waals surface area contributed by atoms with Crippen molar-refractivity contribution in [3.05, 3.63) is 15.4 Å². The Morgan fingerprint density at radius 3 is 2.57 bits per heavy atom. The maximum Gasteiger partial charge on any atom is 0.305 e. The minimum absolute atomic E-state index is 0.107. The zero-order valence-corrected chi connectivity index (χ0v) is 13.7. The van der Waals surface area contributed by atoms with Crippen molar-refractivity contribution in [3.63, 3.8) is 0 Å². The number of hydrogen-bond acceptors (Lipinski definition) is 5. The average Bonchev–Trinajstić information content (AvgIpc) is 3.21. The summed E-state index contributed by atoms with van der Waals surface area (Å²) in [5.74, 6) is 0. The number of aryl methyl sites for hydroxylation is 1. The Kier molecular flexibility index (Phi) is 4.22. The van der Waals surface area contributed by atoms with Gasteiger partial charge in [-0.25, -0.2) is 8.42 Å². The topological polar surface area (TPSA) is 82.3 Å². The van der Waals surface area contributed by atoms with E-state index in [9.17, 15) is 13.2 Å². The zero-order chi connectivity index (χ0) is 15.0. The number of aromatic amines is 1. The third-order valence-corrected chi connectivity index (χ3v) is 7.59. The molecule has 1 aliphatic heterocycles. The Balaban J connectivity index is 1.85. The van der Waals surface area contributed by atoms with Crippen LogP contribution in [0.5, 0.6) is 0 Å². The van der Waals surface area contributed by atoms with E-state index in [1.54, 1.807) is 11.2 Å². The number of sulfonamides is 1. The number of piperidine rings is 1. The van der Waals surface area contributed by atoms with Gasteiger partial charge in [-0.15, -0.1) is 0 Å².